The molecule has 142 valence electrons. The molecule has 0 spiro atoms. The molecule has 28 heavy (non-hydrogen) atoms. The van der Waals surface area contributed by atoms with Gasteiger partial charge in [0.2, 0.25) is 11.9 Å². The molecule has 0 aliphatic carbocycles. The molecule has 0 atom stereocenters. The van der Waals surface area contributed by atoms with Gasteiger partial charge in [0.15, 0.2) is 0 Å². The molecular formula is C21H21N5O2. The van der Waals surface area contributed by atoms with Crippen LogP contribution in [0, 0.1) is 0 Å². The Bertz CT molecular complexity index is 975. The summed E-state index contributed by atoms with van der Waals surface area (Å²) in [5.74, 6) is -0.0392. The third-order valence-corrected chi connectivity index (χ3v) is 3.92. The van der Waals surface area contributed by atoms with Crippen molar-refractivity contribution >= 4 is 29.1 Å². The first-order valence-electron chi connectivity index (χ1n) is 8.78. The minimum Gasteiger partial charge on any atom is -0.336 e. The Labute approximate surface area is 163 Å². The largest absolute Gasteiger partial charge is 0.336 e. The van der Waals surface area contributed by atoms with Crippen molar-refractivity contribution in [3.8, 4) is 0 Å². The number of benzene rings is 2. The number of aromatic nitrogens is 2. The molecule has 1 aromatic heterocycles. The number of nitrogens with zero attached hydrogens (tertiary/aromatic N) is 3. The predicted octanol–water partition coefficient (Wildman–Crippen LogP) is 3.45. The quantitative estimate of drug-likeness (QED) is 0.689. The first-order chi connectivity index (χ1) is 13.5. The predicted molar refractivity (Wildman–Crippen MR) is 108 cm³/mol. The monoisotopic (exact) mass is 375 g/mol. The number of nitrogens with one attached hydrogen (secondary N) is 2. The summed E-state index contributed by atoms with van der Waals surface area (Å²) in [5, 5.41) is 5.78. The van der Waals surface area contributed by atoms with Crippen molar-refractivity contribution in [3.05, 3.63) is 78.1 Å². The highest BCUT2D eigenvalue weighted by Gasteiger charge is 2.14. The second-order valence-electron chi connectivity index (χ2n) is 6.30. The molecule has 0 fully saturated rings. The van der Waals surface area contributed by atoms with Crippen LogP contribution >= 0.6 is 0 Å². The van der Waals surface area contributed by atoms with E-state index in [2.05, 4.69) is 20.6 Å². The summed E-state index contributed by atoms with van der Waals surface area (Å²) in [6.45, 7) is 1.94. The van der Waals surface area contributed by atoms with Gasteiger partial charge >= 0.3 is 0 Å². The van der Waals surface area contributed by atoms with Crippen LogP contribution in [0.25, 0.3) is 0 Å². The maximum atomic E-state index is 12.7. The van der Waals surface area contributed by atoms with E-state index in [1.807, 2.05) is 36.4 Å². The van der Waals surface area contributed by atoms with Crippen LogP contribution in [-0.4, -0.2) is 33.7 Å². The summed E-state index contributed by atoms with van der Waals surface area (Å²) in [7, 11) is 1.74. The highest BCUT2D eigenvalue weighted by Crippen LogP contribution is 2.18. The second-order valence-corrected chi connectivity index (χ2v) is 6.30. The number of amides is 2. The number of hydrogen-bond acceptors (Lipinski definition) is 5. The van der Waals surface area contributed by atoms with Gasteiger partial charge in [0, 0.05) is 38.1 Å². The summed E-state index contributed by atoms with van der Waals surface area (Å²) in [6.07, 6.45) is 1.54. The van der Waals surface area contributed by atoms with Crippen molar-refractivity contribution < 1.29 is 9.59 Å². The highest BCUT2D eigenvalue weighted by atomic mass is 16.2. The van der Waals surface area contributed by atoms with Crippen LogP contribution in [-0.2, 0) is 11.3 Å². The average Bonchev–Trinajstić information content (AvgIpc) is 2.68. The number of anilines is 3. The minimum absolute atomic E-state index is 0.151. The lowest BCUT2D eigenvalue weighted by Crippen LogP contribution is -2.27. The zero-order chi connectivity index (χ0) is 19.9. The summed E-state index contributed by atoms with van der Waals surface area (Å²) < 4.78 is 0. The van der Waals surface area contributed by atoms with Crippen molar-refractivity contribution in [1.29, 1.82) is 0 Å². The van der Waals surface area contributed by atoms with E-state index >= 15 is 0 Å². The van der Waals surface area contributed by atoms with Crippen LogP contribution in [0.15, 0.2) is 66.9 Å². The van der Waals surface area contributed by atoms with Gasteiger partial charge in [-0.05, 0) is 29.8 Å². The van der Waals surface area contributed by atoms with Gasteiger partial charge in [-0.15, -0.1) is 0 Å². The van der Waals surface area contributed by atoms with Gasteiger partial charge in [-0.25, -0.2) is 9.97 Å². The average molecular weight is 375 g/mol. The van der Waals surface area contributed by atoms with Crippen molar-refractivity contribution in [2.45, 2.75) is 13.5 Å². The van der Waals surface area contributed by atoms with Crippen molar-refractivity contribution in [1.82, 2.24) is 14.9 Å². The fraction of sp³-hybridized carbons (Fsp3) is 0.143. The Kier molecular flexibility index (Phi) is 5.96. The highest BCUT2D eigenvalue weighted by molar-refractivity contribution is 5.92. The van der Waals surface area contributed by atoms with Crippen LogP contribution in [0.2, 0.25) is 0 Å². The lowest BCUT2D eigenvalue weighted by molar-refractivity contribution is -0.114. The molecule has 2 N–H and O–H groups in total. The zero-order valence-corrected chi connectivity index (χ0v) is 15.7. The van der Waals surface area contributed by atoms with Crippen LogP contribution in [0.5, 0.6) is 0 Å². The Morgan fingerprint density at radius 1 is 1.00 bits per heavy atom. The van der Waals surface area contributed by atoms with Crippen LogP contribution in [0.3, 0.4) is 0 Å². The molecule has 0 saturated heterocycles. The lowest BCUT2D eigenvalue weighted by Gasteiger charge is -2.17. The summed E-state index contributed by atoms with van der Waals surface area (Å²) in [6, 6.07) is 18.5. The van der Waals surface area contributed by atoms with E-state index < -0.39 is 0 Å². The molecule has 2 amide bonds. The van der Waals surface area contributed by atoms with Gasteiger partial charge < -0.3 is 15.5 Å². The van der Waals surface area contributed by atoms with Crippen molar-refractivity contribution in [3.63, 3.8) is 0 Å². The molecule has 7 nitrogen and oxygen atoms in total. The molecule has 0 unspecified atom stereocenters. The Hall–Kier alpha value is -3.74. The Morgan fingerprint density at radius 2 is 1.75 bits per heavy atom. The number of hydrogen-bond donors (Lipinski definition) is 2. The van der Waals surface area contributed by atoms with Crippen LogP contribution < -0.4 is 10.6 Å². The smallest absolute Gasteiger partial charge is 0.272 e. The van der Waals surface area contributed by atoms with E-state index in [-0.39, 0.29) is 11.8 Å². The number of carbonyl (C=O) groups is 2. The molecule has 3 aromatic rings. The number of carbonyl (C=O) groups excluding carboxylic acids is 2. The van der Waals surface area contributed by atoms with E-state index in [1.54, 1.807) is 36.2 Å². The lowest BCUT2D eigenvalue weighted by atomic mass is 10.2. The Balaban J connectivity index is 1.71. The molecule has 0 aliphatic heterocycles. The summed E-state index contributed by atoms with van der Waals surface area (Å²) in [4.78, 5) is 34.0. The van der Waals surface area contributed by atoms with E-state index in [0.717, 1.165) is 5.56 Å². The topological polar surface area (TPSA) is 87.2 Å². The van der Waals surface area contributed by atoms with Crippen LogP contribution in [0.4, 0.5) is 17.3 Å². The molecule has 3 rings (SSSR count). The van der Waals surface area contributed by atoms with Gasteiger partial charge in [0.25, 0.3) is 5.91 Å². The number of rotatable bonds is 6. The molecule has 0 radical (unpaired) electrons. The molecular weight excluding hydrogens is 354 g/mol. The van der Waals surface area contributed by atoms with Crippen LogP contribution in [0.1, 0.15) is 23.0 Å². The molecule has 7 heteroatoms. The van der Waals surface area contributed by atoms with Gasteiger partial charge in [-0.1, -0.05) is 36.4 Å². The fourth-order valence-corrected chi connectivity index (χ4v) is 2.67. The second kappa shape index (κ2) is 8.77. The fourth-order valence-electron chi connectivity index (χ4n) is 2.67. The van der Waals surface area contributed by atoms with Gasteiger partial charge in [-0.2, -0.15) is 0 Å². The van der Waals surface area contributed by atoms with Gasteiger partial charge in [-0.3, -0.25) is 9.59 Å². The first kappa shape index (κ1) is 19.0. The molecule has 0 aliphatic rings. The molecule has 1 heterocycles. The summed E-state index contributed by atoms with van der Waals surface area (Å²) in [5.41, 5.74) is 2.70. The van der Waals surface area contributed by atoms with Crippen molar-refractivity contribution in [2.24, 2.45) is 0 Å². The molecule has 0 saturated carbocycles. The Morgan fingerprint density at radius 3 is 2.50 bits per heavy atom. The van der Waals surface area contributed by atoms with Crippen molar-refractivity contribution in [2.75, 3.05) is 17.7 Å². The molecule has 2 aromatic carbocycles. The summed E-state index contributed by atoms with van der Waals surface area (Å²) >= 11 is 0. The maximum Gasteiger partial charge on any atom is 0.272 e. The standard InChI is InChI=1S/C21H21N5O2/c1-15(27)23-17-9-6-10-18(13-17)24-21-22-12-11-19(25-21)20(28)26(2)14-16-7-4-3-5-8-16/h3-13H,14H2,1-2H3,(H,23,27)(H,22,24,25). The van der Waals surface area contributed by atoms with E-state index in [1.165, 1.54) is 13.1 Å². The third-order valence-electron chi connectivity index (χ3n) is 3.92. The van der Waals surface area contributed by atoms with E-state index in [4.69, 9.17) is 0 Å². The van der Waals surface area contributed by atoms with E-state index in [9.17, 15) is 9.59 Å². The third kappa shape index (κ3) is 5.14. The minimum atomic E-state index is -0.193. The maximum absolute atomic E-state index is 12.7. The van der Waals surface area contributed by atoms with E-state index in [0.29, 0.717) is 29.6 Å². The van der Waals surface area contributed by atoms with Gasteiger partial charge in [0.1, 0.15) is 5.69 Å². The first-order valence-corrected chi connectivity index (χ1v) is 8.78. The SMILES string of the molecule is CC(=O)Nc1cccc(Nc2nccc(C(=O)N(C)Cc3ccccc3)n2)c1. The zero-order valence-electron chi connectivity index (χ0n) is 15.7. The normalized spacial score (nSPS) is 10.2. The van der Waals surface area contributed by atoms with Gasteiger partial charge in [0.05, 0.1) is 0 Å². The molecule has 0 bridgehead atoms.